The van der Waals surface area contributed by atoms with Crippen LogP contribution in [0, 0.1) is 0 Å². The zero-order valence-corrected chi connectivity index (χ0v) is 14.5. The lowest BCUT2D eigenvalue weighted by Crippen LogP contribution is -2.75. The van der Waals surface area contributed by atoms with Gasteiger partial charge in [0, 0.05) is 6.42 Å². The number of carbonyl (C=O) groups excluding carboxylic acids is 1. The predicted molar refractivity (Wildman–Crippen MR) is 67.6 cm³/mol. The lowest BCUT2D eigenvalue weighted by Gasteiger charge is -2.43. The summed E-state index contributed by atoms with van der Waals surface area (Å²) in [6.45, 7) is 0.353. The normalized spacial score (nSPS) is 16.0. The molecule has 0 aliphatic carbocycles. The fraction of sp³-hybridized carbons (Fsp3) is 0.769. The number of alkyl halides is 15. The lowest BCUT2D eigenvalue weighted by molar-refractivity contribution is -0.457. The molecule has 0 bridgehead atoms. The number of halogens is 16. The van der Waals surface area contributed by atoms with Gasteiger partial charge in [-0.05, 0) is 0 Å². The Labute approximate surface area is 165 Å². The highest BCUT2D eigenvalue weighted by Gasteiger charge is 2.95. The van der Waals surface area contributed by atoms with E-state index in [0.29, 0.717) is 0 Å². The molecular formula is C13H8F16O3. The van der Waals surface area contributed by atoms with Crippen LogP contribution >= 0.6 is 0 Å². The first kappa shape index (κ1) is 30.1. The Morgan fingerprint density at radius 2 is 1.12 bits per heavy atom. The molecule has 0 saturated heterocycles. The number of ether oxygens (including phenoxy) is 1. The summed E-state index contributed by atoms with van der Waals surface area (Å²) >= 11 is 0. The summed E-state index contributed by atoms with van der Waals surface area (Å²) in [5.41, 5.74) is -8.42. The number of carbonyl (C=O) groups is 1. The van der Waals surface area contributed by atoms with Crippen molar-refractivity contribution in [3.05, 3.63) is 12.4 Å². The van der Waals surface area contributed by atoms with Gasteiger partial charge >= 0.3 is 47.7 Å². The standard InChI is InChI=1S/C13H8F16O3/c1-4(14)6(31)32-3-5(30)2-7(15,16)9(18,19)11(22,23)10(20,21)8(17,12(24,25)26)13(27,28)29/h5,30H,1-3H2. The van der Waals surface area contributed by atoms with Gasteiger partial charge in [0.1, 0.15) is 6.61 Å². The molecule has 0 aromatic heterocycles. The lowest BCUT2D eigenvalue weighted by atomic mass is 9.85. The van der Waals surface area contributed by atoms with Crippen LogP contribution in [0.2, 0.25) is 0 Å². The SMILES string of the molecule is C=C(F)C(=O)OCC(O)CC(F)(F)C(F)(F)C(F)(F)C(F)(F)C(F)(C(F)(F)F)C(F)(F)F. The van der Waals surface area contributed by atoms with E-state index in [0.717, 1.165) is 0 Å². The van der Waals surface area contributed by atoms with E-state index in [2.05, 4.69) is 11.3 Å². The number of esters is 1. The van der Waals surface area contributed by atoms with Gasteiger partial charge in [0.05, 0.1) is 6.10 Å². The summed E-state index contributed by atoms with van der Waals surface area (Å²) in [4.78, 5) is 10.6. The summed E-state index contributed by atoms with van der Waals surface area (Å²) in [5.74, 6) is -35.7. The maximum absolute atomic E-state index is 13.5. The summed E-state index contributed by atoms with van der Waals surface area (Å²) in [5, 5.41) is 8.96. The van der Waals surface area contributed by atoms with Crippen LogP contribution in [-0.4, -0.2) is 65.5 Å². The van der Waals surface area contributed by atoms with Crippen molar-refractivity contribution in [2.24, 2.45) is 0 Å². The molecule has 190 valence electrons. The first-order valence-corrected chi connectivity index (χ1v) is 7.25. The molecule has 0 aliphatic heterocycles. The quantitative estimate of drug-likeness (QED) is 0.263. The van der Waals surface area contributed by atoms with Gasteiger partial charge in [0.15, 0.2) is 0 Å². The molecule has 0 aliphatic rings. The van der Waals surface area contributed by atoms with E-state index >= 15 is 0 Å². The average molecular weight is 516 g/mol. The molecule has 0 fully saturated rings. The molecule has 1 atom stereocenters. The number of aliphatic hydroxyl groups is 1. The van der Waals surface area contributed by atoms with Gasteiger partial charge in [-0.2, -0.15) is 65.9 Å². The second-order valence-corrected chi connectivity index (χ2v) is 5.94. The predicted octanol–water partition coefficient (Wildman–Crippen LogP) is 5.14. The molecule has 0 heterocycles. The molecular weight excluding hydrogens is 508 g/mol. The molecule has 32 heavy (non-hydrogen) atoms. The fourth-order valence-electron chi connectivity index (χ4n) is 1.89. The van der Waals surface area contributed by atoms with E-state index in [1.54, 1.807) is 0 Å². The Hall–Kier alpha value is -1.95. The summed E-state index contributed by atoms with van der Waals surface area (Å²) in [6.07, 6.45) is -22.5. The number of hydrogen-bond acceptors (Lipinski definition) is 3. The fourth-order valence-corrected chi connectivity index (χ4v) is 1.89. The van der Waals surface area contributed by atoms with Crippen LogP contribution in [0.4, 0.5) is 70.2 Å². The first-order chi connectivity index (χ1) is 13.7. The first-order valence-electron chi connectivity index (χ1n) is 7.25. The molecule has 0 saturated carbocycles. The molecule has 19 heteroatoms. The third-order valence-electron chi connectivity index (χ3n) is 3.58. The third kappa shape index (κ3) is 4.70. The Balaban J connectivity index is 6.25. The van der Waals surface area contributed by atoms with Crippen LogP contribution < -0.4 is 0 Å². The minimum Gasteiger partial charge on any atom is -0.458 e. The molecule has 0 aromatic rings. The minimum atomic E-state index is -8.58. The second kappa shape index (κ2) is 8.44. The van der Waals surface area contributed by atoms with E-state index in [1.807, 2.05) is 0 Å². The molecule has 3 nitrogen and oxygen atoms in total. The van der Waals surface area contributed by atoms with Gasteiger partial charge in [-0.1, -0.05) is 6.58 Å². The van der Waals surface area contributed by atoms with Crippen LogP contribution in [-0.2, 0) is 9.53 Å². The van der Waals surface area contributed by atoms with E-state index in [9.17, 15) is 75.0 Å². The van der Waals surface area contributed by atoms with Crippen molar-refractivity contribution in [1.29, 1.82) is 0 Å². The smallest absolute Gasteiger partial charge is 0.438 e. The van der Waals surface area contributed by atoms with Crippen LogP contribution in [0.25, 0.3) is 0 Å². The van der Waals surface area contributed by atoms with Gasteiger partial charge in [-0.3, -0.25) is 0 Å². The van der Waals surface area contributed by atoms with Gasteiger partial charge in [-0.15, -0.1) is 0 Å². The molecule has 0 rings (SSSR count). The van der Waals surface area contributed by atoms with Gasteiger partial charge < -0.3 is 9.84 Å². The highest BCUT2D eigenvalue weighted by atomic mass is 19.4. The zero-order valence-electron chi connectivity index (χ0n) is 14.5. The average Bonchev–Trinajstić information content (AvgIpc) is 2.55. The van der Waals surface area contributed by atoms with Crippen LogP contribution in [0.5, 0.6) is 0 Å². The van der Waals surface area contributed by atoms with Crippen molar-refractivity contribution < 1.29 is 84.9 Å². The molecule has 0 amide bonds. The summed E-state index contributed by atoms with van der Waals surface area (Å²) in [7, 11) is 0. The van der Waals surface area contributed by atoms with Crippen LogP contribution in [0.3, 0.4) is 0 Å². The van der Waals surface area contributed by atoms with Crippen molar-refractivity contribution in [1.82, 2.24) is 0 Å². The van der Waals surface area contributed by atoms with Crippen molar-refractivity contribution in [3.63, 3.8) is 0 Å². The summed E-state index contributed by atoms with van der Waals surface area (Å²) < 4.78 is 211. The van der Waals surface area contributed by atoms with Crippen molar-refractivity contribution in [2.75, 3.05) is 6.61 Å². The maximum atomic E-state index is 13.5. The Morgan fingerprint density at radius 3 is 1.44 bits per heavy atom. The Bertz CT molecular complexity index is 693. The zero-order chi connectivity index (χ0) is 26.4. The number of hydrogen-bond donors (Lipinski definition) is 1. The van der Waals surface area contributed by atoms with Gasteiger partial charge in [-0.25, -0.2) is 9.18 Å². The van der Waals surface area contributed by atoms with Crippen LogP contribution in [0.1, 0.15) is 6.42 Å². The number of aliphatic hydroxyl groups excluding tert-OH is 1. The number of rotatable bonds is 9. The largest absolute Gasteiger partial charge is 0.458 e. The van der Waals surface area contributed by atoms with Gasteiger partial charge in [0.2, 0.25) is 5.83 Å². The highest BCUT2D eigenvalue weighted by molar-refractivity contribution is 5.85. The van der Waals surface area contributed by atoms with Crippen molar-refractivity contribution in [3.8, 4) is 0 Å². The van der Waals surface area contributed by atoms with E-state index in [4.69, 9.17) is 5.11 Å². The third-order valence-corrected chi connectivity index (χ3v) is 3.58. The van der Waals surface area contributed by atoms with E-state index < -0.39 is 72.6 Å². The second-order valence-electron chi connectivity index (χ2n) is 5.94. The minimum absolute atomic E-state index is 1.92. The Kier molecular flexibility index (Phi) is 7.92. The molecule has 1 unspecified atom stereocenters. The summed E-state index contributed by atoms with van der Waals surface area (Å²) in [6, 6.07) is 0. The van der Waals surface area contributed by atoms with E-state index in [-0.39, 0.29) is 0 Å². The molecule has 0 aromatic carbocycles. The molecule has 0 radical (unpaired) electrons. The van der Waals surface area contributed by atoms with Crippen molar-refractivity contribution in [2.45, 2.75) is 54.2 Å². The van der Waals surface area contributed by atoms with Gasteiger partial charge in [0.25, 0.3) is 0 Å². The topological polar surface area (TPSA) is 46.5 Å². The van der Waals surface area contributed by atoms with E-state index in [1.165, 1.54) is 0 Å². The maximum Gasteiger partial charge on any atom is 0.438 e. The highest BCUT2D eigenvalue weighted by Crippen LogP contribution is 2.64. The Morgan fingerprint density at radius 1 is 0.750 bits per heavy atom. The van der Waals surface area contributed by atoms with Crippen LogP contribution in [0.15, 0.2) is 12.4 Å². The molecule has 0 spiro atoms. The monoisotopic (exact) mass is 516 g/mol. The van der Waals surface area contributed by atoms with Crippen molar-refractivity contribution >= 4 is 5.97 Å². The molecule has 1 N–H and O–H groups in total.